The Kier molecular flexibility index (Phi) is 7.64. The molecule has 2 heterocycles. The number of nitrogens with one attached hydrogen (secondary N) is 2. The average Bonchev–Trinajstić information content (AvgIpc) is 3.34. The highest BCUT2D eigenvalue weighted by atomic mass is 32.1. The average molecular weight is 450 g/mol. The minimum absolute atomic E-state index is 0.107. The first kappa shape index (κ1) is 22.0. The second kappa shape index (κ2) is 10.4. The lowest BCUT2D eigenvalue weighted by molar-refractivity contribution is -0.121. The fourth-order valence-electron chi connectivity index (χ4n) is 2.76. The number of benzene rings is 1. The van der Waals surface area contributed by atoms with Crippen LogP contribution in [-0.4, -0.2) is 29.9 Å². The van der Waals surface area contributed by atoms with Gasteiger partial charge in [0.05, 0.1) is 21.1 Å². The predicted molar refractivity (Wildman–Crippen MR) is 115 cm³/mol. The summed E-state index contributed by atoms with van der Waals surface area (Å²) in [5, 5.41) is 8.46. The Labute approximate surface area is 181 Å². The Morgan fingerprint density at radius 3 is 2.67 bits per heavy atom. The summed E-state index contributed by atoms with van der Waals surface area (Å²) in [5.74, 6) is -2.38. The second-order valence-electron chi connectivity index (χ2n) is 6.60. The van der Waals surface area contributed by atoms with E-state index in [0.717, 1.165) is 34.1 Å². The molecule has 2 N–H and O–H groups in total. The number of hydrogen-bond donors (Lipinski definition) is 2. The van der Waals surface area contributed by atoms with Gasteiger partial charge in [-0.15, -0.1) is 22.7 Å². The summed E-state index contributed by atoms with van der Waals surface area (Å²) in [6.45, 7) is 2.73. The molecule has 2 amide bonds. The van der Waals surface area contributed by atoms with E-state index in [-0.39, 0.29) is 24.4 Å². The van der Waals surface area contributed by atoms with E-state index in [2.05, 4.69) is 15.6 Å². The number of carbonyl (C=O) groups excluding carboxylic acids is 2. The number of amides is 2. The number of thiazole rings is 1. The van der Waals surface area contributed by atoms with E-state index in [1.54, 1.807) is 22.7 Å². The van der Waals surface area contributed by atoms with Crippen molar-refractivity contribution in [2.45, 2.75) is 26.2 Å². The highest BCUT2D eigenvalue weighted by Gasteiger charge is 2.12. The van der Waals surface area contributed by atoms with E-state index in [4.69, 9.17) is 0 Å². The highest BCUT2D eigenvalue weighted by Crippen LogP contribution is 2.29. The molecule has 3 aromatic rings. The van der Waals surface area contributed by atoms with Gasteiger partial charge in [-0.05, 0) is 44.0 Å². The summed E-state index contributed by atoms with van der Waals surface area (Å²) >= 11 is 3.29. The SMILES string of the molecule is Cc1nc(-c2ccc(CCNC(=O)CCCNC(=O)c3ccc(F)cc3F)s2)cs1. The third-order valence-corrected chi connectivity index (χ3v) is 6.21. The van der Waals surface area contributed by atoms with Crippen LogP contribution in [0.25, 0.3) is 10.6 Å². The minimum Gasteiger partial charge on any atom is -0.356 e. The van der Waals surface area contributed by atoms with E-state index >= 15 is 0 Å². The van der Waals surface area contributed by atoms with E-state index in [1.807, 2.05) is 24.4 Å². The van der Waals surface area contributed by atoms with Crippen molar-refractivity contribution in [2.75, 3.05) is 13.1 Å². The quantitative estimate of drug-likeness (QED) is 0.478. The van der Waals surface area contributed by atoms with Crippen molar-refractivity contribution in [3.8, 4) is 10.6 Å². The standard InChI is InChI=1S/C21H21F2N3O2S2/c1-13-26-18(12-29-13)19-7-5-15(30-19)8-10-24-20(27)3-2-9-25-21(28)16-6-4-14(22)11-17(16)23/h4-7,11-12H,2-3,8-10H2,1H3,(H,24,27)(H,25,28). The molecule has 2 aromatic heterocycles. The Morgan fingerprint density at radius 2 is 1.93 bits per heavy atom. The molecule has 0 spiro atoms. The molecule has 0 saturated heterocycles. The Hall–Kier alpha value is -2.65. The first-order valence-corrected chi connectivity index (χ1v) is 11.1. The van der Waals surface area contributed by atoms with Crippen LogP contribution in [0, 0.1) is 18.6 Å². The zero-order valence-corrected chi connectivity index (χ0v) is 18.0. The number of aromatic nitrogens is 1. The van der Waals surface area contributed by atoms with E-state index in [1.165, 1.54) is 4.88 Å². The zero-order valence-electron chi connectivity index (χ0n) is 16.3. The number of carbonyl (C=O) groups is 2. The molecule has 9 heteroatoms. The summed E-state index contributed by atoms with van der Waals surface area (Å²) in [6, 6.07) is 6.88. The Bertz CT molecular complexity index is 1030. The van der Waals surface area contributed by atoms with Crippen LogP contribution in [0.2, 0.25) is 0 Å². The van der Waals surface area contributed by atoms with Gasteiger partial charge in [-0.3, -0.25) is 9.59 Å². The molecule has 5 nitrogen and oxygen atoms in total. The molecule has 0 radical (unpaired) electrons. The fraction of sp³-hybridized carbons (Fsp3) is 0.286. The second-order valence-corrected chi connectivity index (χ2v) is 8.83. The lowest BCUT2D eigenvalue weighted by Crippen LogP contribution is -2.28. The summed E-state index contributed by atoms with van der Waals surface area (Å²) in [7, 11) is 0. The van der Waals surface area contributed by atoms with Crippen molar-refractivity contribution in [1.29, 1.82) is 0 Å². The monoisotopic (exact) mass is 449 g/mol. The number of rotatable bonds is 9. The molecule has 0 aliphatic heterocycles. The van der Waals surface area contributed by atoms with Gasteiger partial charge in [0.15, 0.2) is 0 Å². The van der Waals surface area contributed by atoms with Crippen LogP contribution in [0.4, 0.5) is 8.78 Å². The van der Waals surface area contributed by atoms with Gasteiger partial charge < -0.3 is 10.6 Å². The third-order valence-electron chi connectivity index (χ3n) is 4.27. The molecular weight excluding hydrogens is 428 g/mol. The van der Waals surface area contributed by atoms with Gasteiger partial charge in [0.25, 0.3) is 5.91 Å². The van der Waals surface area contributed by atoms with Crippen molar-refractivity contribution in [2.24, 2.45) is 0 Å². The molecule has 0 bridgehead atoms. The molecule has 1 aromatic carbocycles. The van der Waals surface area contributed by atoms with Crippen LogP contribution < -0.4 is 10.6 Å². The maximum atomic E-state index is 13.5. The van der Waals surface area contributed by atoms with Crippen molar-refractivity contribution in [3.05, 3.63) is 62.8 Å². The molecule has 0 aliphatic carbocycles. The van der Waals surface area contributed by atoms with Crippen molar-refractivity contribution < 1.29 is 18.4 Å². The molecule has 3 rings (SSSR count). The van der Waals surface area contributed by atoms with Gasteiger partial charge in [0, 0.05) is 35.8 Å². The van der Waals surface area contributed by atoms with E-state index < -0.39 is 17.5 Å². The highest BCUT2D eigenvalue weighted by molar-refractivity contribution is 7.16. The maximum absolute atomic E-state index is 13.5. The van der Waals surface area contributed by atoms with E-state index in [0.29, 0.717) is 19.0 Å². The van der Waals surface area contributed by atoms with Gasteiger partial charge in [-0.25, -0.2) is 13.8 Å². The maximum Gasteiger partial charge on any atom is 0.254 e. The molecule has 0 fully saturated rings. The van der Waals surface area contributed by atoms with Crippen molar-refractivity contribution in [3.63, 3.8) is 0 Å². The lowest BCUT2D eigenvalue weighted by atomic mass is 10.2. The van der Waals surface area contributed by atoms with Crippen molar-refractivity contribution >= 4 is 34.5 Å². The summed E-state index contributed by atoms with van der Waals surface area (Å²) in [5.41, 5.74) is 0.768. The van der Waals surface area contributed by atoms with Crippen LogP contribution in [0.5, 0.6) is 0 Å². The molecule has 30 heavy (non-hydrogen) atoms. The molecule has 0 unspecified atom stereocenters. The van der Waals surface area contributed by atoms with Crippen LogP contribution >= 0.6 is 22.7 Å². The van der Waals surface area contributed by atoms with Gasteiger partial charge in [0.1, 0.15) is 11.6 Å². The summed E-state index contributed by atoms with van der Waals surface area (Å²) in [6.07, 6.45) is 1.41. The Balaban J connectivity index is 1.32. The van der Waals surface area contributed by atoms with Crippen LogP contribution in [0.3, 0.4) is 0 Å². The lowest BCUT2D eigenvalue weighted by Gasteiger charge is -2.07. The van der Waals surface area contributed by atoms with Gasteiger partial charge in [-0.1, -0.05) is 0 Å². The number of hydrogen-bond acceptors (Lipinski definition) is 5. The van der Waals surface area contributed by atoms with Crippen LogP contribution in [-0.2, 0) is 11.2 Å². The number of thiophene rings is 1. The molecule has 158 valence electrons. The smallest absolute Gasteiger partial charge is 0.254 e. The van der Waals surface area contributed by atoms with Gasteiger partial charge in [-0.2, -0.15) is 0 Å². The zero-order chi connectivity index (χ0) is 21.5. The molecule has 0 atom stereocenters. The third kappa shape index (κ3) is 6.17. The fourth-order valence-corrected chi connectivity index (χ4v) is 4.42. The van der Waals surface area contributed by atoms with E-state index in [9.17, 15) is 18.4 Å². The summed E-state index contributed by atoms with van der Waals surface area (Å²) < 4.78 is 26.4. The first-order chi connectivity index (χ1) is 14.4. The normalized spacial score (nSPS) is 10.8. The van der Waals surface area contributed by atoms with Crippen LogP contribution in [0.15, 0.2) is 35.7 Å². The molecule has 0 aliphatic rings. The number of halogens is 2. The molecular formula is C21H21F2N3O2S2. The minimum atomic E-state index is -0.910. The predicted octanol–water partition coefficient (Wildman–Crippen LogP) is 4.33. The number of nitrogens with zero attached hydrogens (tertiary/aromatic N) is 1. The largest absolute Gasteiger partial charge is 0.356 e. The van der Waals surface area contributed by atoms with Gasteiger partial charge >= 0.3 is 0 Å². The first-order valence-electron chi connectivity index (χ1n) is 9.43. The summed E-state index contributed by atoms with van der Waals surface area (Å²) in [4.78, 5) is 30.6. The van der Waals surface area contributed by atoms with Gasteiger partial charge in [0.2, 0.25) is 5.91 Å². The molecule has 0 saturated carbocycles. The van der Waals surface area contributed by atoms with Crippen LogP contribution in [0.1, 0.15) is 33.1 Å². The Morgan fingerprint density at radius 1 is 1.10 bits per heavy atom. The number of aryl methyl sites for hydroxylation is 1. The topological polar surface area (TPSA) is 71.1 Å². The van der Waals surface area contributed by atoms with Crippen molar-refractivity contribution in [1.82, 2.24) is 15.6 Å².